The molecule has 1 aromatic rings. The predicted molar refractivity (Wildman–Crippen MR) is 93.1 cm³/mol. The highest BCUT2D eigenvalue weighted by molar-refractivity contribution is 8.03. The lowest BCUT2D eigenvalue weighted by molar-refractivity contribution is 0.143. The third kappa shape index (κ3) is 4.41. The lowest BCUT2D eigenvalue weighted by Gasteiger charge is -2.31. The van der Waals surface area contributed by atoms with E-state index in [2.05, 4.69) is 35.8 Å². The van der Waals surface area contributed by atoms with E-state index in [1.807, 2.05) is 26.2 Å². The summed E-state index contributed by atoms with van der Waals surface area (Å²) in [6.45, 7) is 5.80. The number of hydrogen-bond acceptors (Lipinski definition) is 5. The fourth-order valence-corrected chi connectivity index (χ4v) is 3.66. The van der Waals surface area contributed by atoms with Crippen molar-refractivity contribution in [3.8, 4) is 5.75 Å². The highest BCUT2D eigenvalue weighted by atomic mass is 32.2. The van der Waals surface area contributed by atoms with Crippen molar-refractivity contribution in [2.45, 2.75) is 19.9 Å². The van der Waals surface area contributed by atoms with Crippen molar-refractivity contribution in [2.75, 3.05) is 39.7 Å². The Kier molecular flexibility index (Phi) is 6.17. The van der Waals surface area contributed by atoms with E-state index >= 15 is 0 Å². The Labute approximate surface area is 137 Å². The molecule has 1 unspecified atom stereocenters. The number of aliphatic hydroxyl groups is 1. The summed E-state index contributed by atoms with van der Waals surface area (Å²) in [4.78, 5) is 5.63. The topological polar surface area (TPSA) is 35.9 Å². The van der Waals surface area contributed by atoms with Crippen molar-refractivity contribution in [3.05, 3.63) is 40.4 Å². The number of ether oxygens (including phenoxy) is 1. The molecule has 1 aliphatic rings. The van der Waals surface area contributed by atoms with Crippen molar-refractivity contribution >= 4 is 11.8 Å². The molecule has 0 bridgehead atoms. The summed E-state index contributed by atoms with van der Waals surface area (Å²) in [5.74, 6) is 1.79. The Morgan fingerprint density at radius 3 is 2.55 bits per heavy atom. The quantitative estimate of drug-likeness (QED) is 0.835. The molecule has 1 aromatic carbocycles. The van der Waals surface area contributed by atoms with Crippen LogP contribution in [0.4, 0.5) is 0 Å². The Morgan fingerprint density at radius 2 is 1.95 bits per heavy atom. The maximum Gasteiger partial charge on any atom is 0.121 e. The fraction of sp³-hybridized carbons (Fsp3) is 0.529. The first-order chi connectivity index (χ1) is 10.5. The summed E-state index contributed by atoms with van der Waals surface area (Å²) in [5, 5.41) is 9.64. The van der Waals surface area contributed by atoms with Crippen LogP contribution in [0.3, 0.4) is 0 Å². The highest BCUT2D eigenvalue weighted by Crippen LogP contribution is 2.33. The molecule has 1 aliphatic heterocycles. The zero-order chi connectivity index (χ0) is 16.1. The fourth-order valence-electron chi connectivity index (χ4n) is 2.49. The highest BCUT2D eigenvalue weighted by Gasteiger charge is 2.26. The summed E-state index contributed by atoms with van der Waals surface area (Å²) in [6.07, 6.45) is 0. The van der Waals surface area contributed by atoms with E-state index in [-0.39, 0.29) is 12.6 Å². The van der Waals surface area contributed by atoms with E-state index in [4.69, 9.17) is 4.74 Å². The van der Waals surface area contributed by atoms with Gasteiger partial charge in [-0.15, -0.1) is 11.8 Å². The first-order valence-electron chi connectivity index (χ1n) is 7.55. The van der Waals surface area contributed by atoms with Gasteiger partial charge in [0.25, 0.3) is 0 Å². The molecule has 1 heterocycles. The molecule has 4 nitrogen and oxygen atoms in total. The standard InChI is InChI=1S/C17H26N2O2S/c1-13-5-7-16(8-6-13)21-11-17-14(2)19(12-22-17)15(10-20)9-18(3)4/h5-8,15,20H,9-12H2,1-4H3. The lowest BCUT2D eigenvalue weighted by Crippen LogP contribution is -2.42. The average Bonchev–Trinajstić information content (AvgIpc) is 2.85. The monoisotopic (exact) mass is 322 g/mol. The van der Waals surface area contributed by atoms with Gasteiger partial charge in [0.05, 0.1) is 18.5 Å². The summed E-state index contributed by atoms with van der Waals surface area (Å²) in [6, 6.07) is 8.27. The molecule has 0 saturated carbocycles. The van der Waals surface area contributed by atoms with E-state index in [9.17, 15) is 5.11 Å². The Bertz CT molecular complexity index is 514. The van der Waals surface area contributed by atoms with Gasteiger partial charge in [-0.2, -0.15) is 0 Å². The molecular weight excluding hydrogens is 296 g/mol. The average molecular weight is 322 g/mol. The molecule has 0 aliphatic carbocycles. The van der Waals surface area contributed by atoms with Gasteiger partial charge < -0.3 is 19.6 Å². The van der Waals surface area contributed by atoms with Crippen LogP contribution in [0.2, 0.25) is 0 Å². The third-order valence-electron chi connectivity index (χ3n) is 3.83. The van der Waals surface area contributed by atoms with Crippen LogP contribution in [0, 0.1) is 6.92 Å². The SMILES string of the molecule is CC1=C(COc2ccc(C)cc2)SCN1C(CO)CN(C)C. The van der Waals surface area contributed by atoms with E-state index in [0.717, 1.165) is 18.2 Å². The summed E-state index contributed by atoms with van der Waals surface area (Å²) < 4.78 is 5.88. The van der Waals surface area contributed by atoms with Crippen molar-refractivity contribution in [1.82, 2.24) is 9.80 Å². The largest absolute Gasteiger partial charge is 0.488 e. The second-order valence-corrected chi connectivity index (χ2v) is 6.99. The molecule has 2 rings (SSSR count). The molecule has 122 valence electrons. The Hall–Kier alpha value is -1.17. The van der Waals surface area contributed by atoms with E-state index < -0.39 is 0 Å². The van der Waals surface area contributed by atoms with Gasteiger partial charge in [0.15, 0.2) is 0 Å². The number of allylic oxidation sites excluding steroid dienone is 1. The molecule has 0 amide bonds. The van der Waals surface area contributed by atoms with Crippen LogP contribution in [0.1, 0.15) is 12.5 Å². The maximum atomic E-state index is 9.64. The van der Waals surface area contributed by atoms with Gasteiger partial charge in [-0.05, 0) is 40.1 Å². The number of thioether (sulfide) groups is 1. The van der Waals surface area contributed by atoms with Crippen molar-refractivity contribution in [2.24, 2.45) is 0 Å². The molecule has 0 aromatic heterocycles. The molecular formula is C17H26N2O2S. The molecule has 0 fully saturated rings. The summed E-state index contributed by atoms with van der Waals surface area (Å²) in [7, 11) is 4.07. The molecule has 0 saturated heterocycles. The number of likely N-dealkylation sites (N-methyl/N-ethyl adjacent to an activating group) is 1. The predicted octanol–water partition coefficient (Wildman–Crippen LogP) is 2.53. The van der Waals surface area contributed by atoms with Gasteiger partial charge in [0.2, 0.25) is 0 Å². The second-order valence-electron chi connectivity index (χ2n) is 5.95. The number of aliphatic hydroxyl groups excluding tert-OH is 1. The molecule has 22 heavy (non-hydrogen) atoms. The number of aryl methyl sites for hydroxylation is 1. The molecule has 0 spiro atoms. The zero-order valence-corrected chi connectivity index (χ0v) is 14.7. The van der Waals surface area contributed by atoms with Gasteiger partial charge >= 0.3 is 0 Å². The normalized spacial score (nSPS) is 16.5. The third-order valence-corrected chi connectivity index (χ3v) is 5.00. The van der Waals surface area contributed by atoms with Crippen molar-refractivity contribution in [1.29, 1.82) is 0 Å². The van der Waals surface area contributed by atoms with E-state index in [1.54, 1.807) is 11.8 Å². The van der Waals surface area contributed by atoms with Gasteiger partial charge in [0.1, 0.15) is 12.4 Å². The van der Waals surface area contributed by atoms with Crippen LogP contribution < -0.4 is 4.74 Å². The van der Waals surface area contributed by atoms with Crippen LogP contribution >= 0.6 is 11.8 Å². The smallest absolute Gasteiger partial charge is 0.121 e. The molecule has 1 atom stereocenters. The first kappa shape index (κ1) is 17.2. The van der Waals surface area contributed by atoms with Crippen LogP contribution in [0.15, 0.2) is 34.9 Å². The molecule has 1 N–H and O–H groups in total. The van der Waals surface area contributed by atoms with Gasteiger partial charge in [-0.3, -0.25) is 0 Å². The van der Waals surface area contributed by atoms with Crippen LogP contribution in [0.25, 0.3) is 0 Å². The van der Waals surface area contributed by atoms with Gasteiger partial charge in [-0.25, -0.2) is 0 Å². The minimum absolute atomic E-state index is 0.138. The zero-order valence-electron chi connectivity index (χ0n) is 13.9. The van der Waals surface area contributed by atoms with Crippen LogP contribution in [-0.4, -0.2) is 60.7 Å². The molecule has 0 radical (unpaired) electrons. The van der Waals surface area contributed by atoms with E-state index in [1.165, 1.54) is 16.2 Å². The summed E-state index contributed by atoms with van der Waals surface area (Å²) >= 11 is 1.80. The summed E-state index contributed by atoms with van der Waals surface area (Å²) in [5.41, 5.74) is 2.46. The minimum atomic E-state index is 0.138. The number of rotatable bonds is 7. The van der Waals surface area contributed by atoms with Crippen molar-refractivity contribution in [3.63, 3.8) is 0 Å². The van der Waals surface area contributed by atoms with Gasteiger partial charge in [-0.1, -0.05) is 17.7 Å². The Balaban J connectivity index is 1.97. The number of hydrogen-bond donors (Lipinski definition) is 1. The Morgan fingerprint density at radius 1 is 1.27 bits per heavy atom. The van der Waals surface area contributed by atoms with Gasteiger partial charge in [0, 0.05) is 17.1 Å². The second kappa shape index (κ2) is 7.90. The maximum absolute atomic E-state index is 9.64. The first-order valence-corrected chi connectivity index (χ1v) is 8.54. The number of nitrogens with zero attached hydrogens (tertiary/aromatic N) is 2. The van der Waals surface area contributed by atoms with E-state index in [0.29, 0.717) is 6.61 Å². The lowest BCUT2D eigenvalue weighted by atomic mass is 10.2. The number of benzene rings is 1. The van der Waals surface area contributed by atoms with Crippen molar-refractivity contribution < 1.29 is 9.84 Å². The minimum Gasteiger partial charge on any atom is -0.488 e. The van der Waals surface area contributed by atoms with Crippen LogP contribution in [0.5, 0.6) is 5.75 Å². The van der Waals surface area contributed by atoms with Crippen LogP contribution in [-0.2, 0) is 0 Å². The molecule has 5 heteroatoms.